The molecule has 34 heavy (non-hydrogen) atoms. The minimum Gasteiger partial charge on any atom is -0.505 e. The molecule has 1 saturated heterocycles. The summed E-state index contributed by atoms with van der Waals surface area (Å²) in [5, 5.41) is 22.5. The average Bonchev–Trinajstić information content (AvgIpc) is 3.27. The number of nitro benzene ring substituents is 1. The first-order valence-electron chi connectivity index (χ1n) is 10.8. The van der Waals surface area contributed by atoms with E-state index in [9.17, 15) is 24.8 Å². The van der Waals surface area contributed by atoms with Crippen LogP contribution in [0.25, 0.3) is 11.4 Å². The molecule has 1 aliphatic heterocycles. The van der Waals surface area contributed by atoms with Crippen LogP contribution >= 0.6 is 0 Å². The van der Waals surface area contributed by atoms with Crippen LogP contribution < -0.4 is 0 Å². The quantitative estimate of drug-likeness (QED) is 0.188. The molecule has 3 heterocycles. The van der Waals surface area contributed by atoms with Gasteiger partial charge in [0.2, 0.25) is 0 Å². The van der Waals surface area contributed by atoms with Crippen molar-refractivity contribution in [2.24, 2.45) is 0 Å². The number of fused-ring (bicyclic) bond motifs is 1. The molecule has 1 fully saturated rings. The summed E-state index contributed by atoms with van der Waals surface area (Å²) in [5.41, 5.74) is 1.76. The molecule has 1 N–H and O–H groups in total. The molecular formula is C24H25N5O5. The number of rotatable bonds is 7. The number of aromatic nitrogens is 2. The highest BCUT2D eigenvalue weighted by Crippen LogP contribution is 2.40. The zero-order valence-corrected chi connectivity index (χ0v) is 19.1. The maximum atomic E-state index is 13.2. The van der Waals surface area contributed by atoms with Gasteiger partial charge in [0, 0.05) is 24.9 Å². The fraction of sp³-hybridized carbons (Fsp3) is 0.292. The molecule has 4 rings (SSSR count). The summed E-state index contributed by atoms with van der Waals surface area (Å²) in [7, 11) is 3.82. The van der Waals surface area contributed by atoms with E-state index in [2.05, 4.69) is 4.98 Å². The Bertz CT molecular complexity index is 1310. The molecule has 1 aliphatic rings. The fourth-order valence-corrected chi connectivity index (χ4v) is 4.32. The number of benzene rings is 1. The van der Waals surface area contributed by atoms with E-state index >= 15 is 0 Å². The zero-order chi connectivity index (χ0) is 24.6. The first-order chi connectivity index (χ1) is 16.2. The molecular weight excluding hydrogens is 438 g/mol. The van der Waals surface area contributed by atoms with Gasteiger partial charge in [-0.25, -0.2) is 4.98 Å². The van der Waals surface area contributed by atoms with Gasteiger partial charge in [-0.3, -0.25) is 24.1 Å². The molecule has 1 amide bonds. The number of imidazole rings is 1. The summed E-state index contributed by atoms with van der Waals surface area (Å²) in [6.45, 7) is 2.70. The molecule has 0 bridgehead atoms. The number of nitrogens with zero attached hydrogens (tertiary/aromatic N) is 5. The summed E-state index contributed by atoms with van der Waals surface area (Å²) in [5.74, 6) is -1.83. The number of aliphatic hydroxyl groups excluding tert-OH is 1. The summed E-state index contributed by atoms with van der Waals surface area (Å²) in [6, 6.07) is 10.2. The predicted octanol–water partition coefficient (Wildman–Crippen LogP) is 2.92. The molecule has 1 aromatic carbocycles. The number of Topliss-reactive ketones (excluding diaryl/α,β-unsaturated/α-hetero) is 1. The van der Waals surface area contributed by atoms with Gasteiger partial charge in [0.05, 0.1) is 22.2 Å². The lowest BCUT2D eigenvalue weighted by molar-refractivity contribution is -0.384. The molecule has 2 aromatic heterocycles. The van der Waals surface area contributed by atoms with E-state index in [1.165, 1.54) is 29.2 Å². The van der Waals surface area contributed by atoms with Gasteiger partial charge in [-0.15, -0.1) is 0 Å². The second-order valence-electron chi connectivity index (χ2n) is 8.47. The van der Waals surface area contributed by atoms with Crippen LogP contribution in [0.5, 0.6) is 0 Å². The topological polar surface area (TPSA) is 121 Å². The average molecular weight is 463 g/mol. The van der Waals surface area contributed by atoms with Crippen LogP contribution in [0.15, 0.2) is 54.2 Å². The number of hydrogen-bond donors (Lipinski definition) is 1. The third kappa shape index (κ3) is 4.03. The van der Waals surface area contributed by atoms with E-state index in [-0.39, 0.29) is 23.6 Å². The highest BCUT2D eigenvalue weighted by atomic mass is 16.6. The van der Waals surface area contributed by atoms with Gasteiger partial charge in [0.25, 0.3) is 17.4 Å². The predicted molar refractivity (Wildman–Crippen MR) is 125 cm³/mol. The number of amides is 1. The minimum atomic E-state index is -0.878. The Labute approximate surface area is 195 Å². The largest absolute Gasteiger partial charge is 0.505 e. The van der Waals surface area contributed by atoms with Gasteiger partial charge in [-0.2, -0.15) is 0 Å². The first kappa shape index (κ1) is 23.1. The van der Waals surface area contributed by atoms with Crippen LogP contribution in [-0.4, -0.2) is 68.1 Å². The van der Waals surface area contributed by atoms with Gasteiger partial charge in [-0.1, -0.05) is 6.07 Å². The van der Waals surface area contributed by atoms with Gasteiger partial charge >= 0.3 is 0 Å². The number of non-ortho nitro benzene ring substituents is 1. The summed E-state index contributed by atoms with van der Waals surface area (Å²) in [4.78, 5) is 44.7. The number of hydrogen-bond acceptors (Lipinski definition) is 7. The Morgan fingerprint density at radius 2 is 1.88 bits per heavy atom. The molecule has 0 unspecified atom stereocenters. The zero-order valence-electron chi connectivity index (χ0n) is 19.1. The number of likely N-dealkylation sites (tertiary alicyclic amines) is 1. The molecule has 0 radical (unpaired) electrons. The standard InChI is InChI=1S/C24H25N5O5/c1-15-20(27-13-5-4-7-18(27)25-15)22(30)19-21(16-8-10-17(11-9-16)29(33)34)28(24(32)23(19)31)14-6-12-26(2)3/h4-5,7-11,13,21,30H,6,12,14H2,1-3H3/b22-19+/t21-/m0/s1. The van der Waals surface area contributed by atoms with E-state index in [1.807, 2.05) is 25.1 Å². The Morgan fingerprint density at radius 3 is 2.53 bits per heavy atom. The van der Waals surface area contributed by atoms with Gasteiger partial charge < -0.3 is 14.9 Å². The Balaban J connectivity index is 1.87. The van der Waals surface area contributed by atoms with Gasteiger partial charge in [-0.05, 0) is 63.8 Å². The number of carbonyl (C=O) groups excluding carboxylic acids is 2. The smallest absolute Gasteiger partial charge is 0.295 e. The normalized spacial score (nSPS) is 17.8. The molecule has 10 heteroatoms. The maximum Gasteiger partial charge on any atom is 0.295 e. The van der Waals surface area contributed by atoms with Gasteiger partial charge in [0.1, 0.15) is 11.3 Å². The lowest BCUT2D eigenvalue weighted by Crippen LogP contribution is -2.32. The number of pyridine rings is 1. The number of carbonyl (C=O) groups is 2. The van der Waals surface area contributed by atoms with Crippen molar-refractivity contribution >= 4 is 28.8 Å². The van der Waals surface area contributed by atoms with Crippen LogP contribution in [0, 0.1) is 17.0 Å². The summed E-state index contributed by atoms with van der Waals surface area (Å²) >= 11 is 0. The Kier molecular flexibility index (Phi) is 6.16. The van der Waals surface area contributed by atoms with E-state index in [0.29, 0.717) is 35.6 Å². The molecule has 176 valence electrons. The fourth-order valence-electron chi connectivity index (χ4n) is 4.32. The van der Waals surface area contributed by atoms with Crippen LogP contribution in [0.4, 0.5) is 5.69 Å². The summed E-state index contributed by atoms with van der Waals surface area (Å²) < 4.78 is 1.66. The summed E-state index contributed by atoms with van der Waals surface area (Å²) in [6.07, 6.45) is 2.33. The maximum absolute atomic E-state index is 13.2. The third-order valence-electron chi connectivity index (χ3n) is 5.89. The molecule has 10 nitrogen and oxygen atoms in total. The van der Waals surface area contributed by atoms with Crippen molar-refractivity contribution in [1.82, 2.24) is 19.2 Å². The molecule has 3 aromatic rings. The van der Waals surface area contributed by atoms with Crippen molar-refractivity contribution in [1.29, 1.82) is 0 Å². The van der Waals surface area contributed by atoms with Crippen LogP contribution in [0.1, 0.15) is 29.4 Å². The Morgan fingerprint density at radius 1 is 1.18 bits per heavy atom. The Hall–Kier alpha value is -4.05. The van der Waals surface area contributed by atoms with E-state index in [4.69, 9.17) is 0 Å². The van der Waals surface area contributed by atoms with Gasteiger partial charge in [0.15, 0.2) is 5.76 Å². The van der Waals surface area contributed by atoms with Crippen LogP contribution in [0.3, 0.4) is 0 Å². The van der Waals surface area contributed by atoms with Crippen LogP contribution in [-0.2, 0) is 9.59 Å². The van der Waals surface area contributed by atoms with Crippen molar-refractivity contribution < 1.29 is 19.6 Å². The third-order valence-corrected chi connectivity index (χ3v) is 5.89. The minimum absolute atomic E-state index is 0.0579. The van der Waals surface area contributed by atoms with E-state index in [1.54, 1.807) is 29.7 Å². The van der Waals surface area contributed by atoms with Crippen molar-refractivity contribution in [2.75, 3.05) is 27.2 Å². The molecule has 0 spiro atoms. The number of nitro groups is 1. The lowest BCUT2D eigenvalue weighted by atomic mass is 9.96. The monoisotopic (exact) mass is 463 g/mol. The van der Waals surface area contributed by atoms with E-state index < -0.39 is 22.7 Å². The number of ketones is 1. The molecule has 0 saturated carbocycles. The van der Waals surface area contributed by atoms with Crippen molar-refractivity contribution in [3.63, 3.8) is 0 Å². The van der Waals surface area contributed by atoms with Crippen molar-refractivity contribution in [3.8, 4) is 0 Å². The lowest BCUT2D eigenvalue weighted by Gasteiger charge is -2.25. The highest BCUT2D eigenvalue weighted by molar-refractivity contribution is 6.46. The van der Waals surface area contributed by atoms with Crippen molar-refractivity contribution in [2.45, 2.75) is 19.4 Å². The second-order valence-corrected chi connectivity index (χ2v) is 8.47. The molecule has 0 aliphatic carbocycles. The van der Waals surface area contributed by atoms with Crippen molar-refractivity contribution in [3.05, 3.63) is 81.3 Å². The number of aliphatic hydroxyl groups is 1. The first-order valence-corrected chi connectivity index (χ1v) is 10.8. The molecule has 1 atom stereocenters. The SMILES string of the molecule is Cc1nc2ccccn2c1/C(O)=C1\C(=O)C(=O)N(CCCN(C)C)[C@H]1c1ccc([N+](=O)[O-])cc1. The highest BCUT2D eigenvalue weighted by Gasteiger charge is 2.46. The number of aryl methyl sites for hydroxylation is 1. The van der Waals surface area contributed by atoms with Crippen LogP contribution in [0.2, 0.25) is 0 Å². The second kappa shape index (κ2) is 9.06. The van der Waals surface area contributed by atoms with E-state index in [0.717, 1.165) is 0 Å².